The standard InChI is InChI=1S/C25H23N3O3/c1-18(20-12-6-3-7-13-20)26-23(29)17-27-22-15-9-8-14-21(22)24(30)28(25(27)31)16-19-10-4-2-5-11-19/h2-15,18H,16-17H2,1H3,(H,26,29)/t18-/m1/s1. The smallest absolute Gasteiger partial charge is 0.332 e. The van der Waals surface area contributed by atoms with Crippen LogP contribution in [0.2, 0.25) is 0 Å². The van der Waals surface area contributed by atoms with E-state index in [-0.39, 0.29) is 30.6 Å². The number of carbonyl (C=O) groups excluding carboxylic acids is 1. The quantitative estimate of drug-likeness (QED) is 0.528. The minimum absolute atomic E-state index is 0.144. The van der Waals surface area contributed by atoms with E-state index in [0.29, 0.717) is 10.9 Å². The second-order valence-electron chi connectivity index (χ2n) is 7.46. The maximum absolute atomic E-state index is 13.2. The zero-order chi connectivity index (χ0) is 21.8. The second kappa shape index (κ2) is 8.83. The van der Waals surface area contributed by atoms with Crippen LogP contribution in [0.15, 0.2) is 94.5 Å². The highest BCUT2D eigenvalue weighted by Crippen LogP contribution is 2.12. The van der Waals surface area contributed by atoms with Crippen LogP contribution in [0, 0.1) is 0 Å². The highest BCUT2D eigenvalue weighted by molar-refractivity contribution is 5.81. The van der Waals surface area contributed by atoms with Gasteiger partial charge in [0.25, 0.3) is 5.56 Å². The molecule has 1 aromatic heterocycles. The van der Waals surface area contributed by atoms with Crippen LogP contribution in [0.25, 0.3) is 10.9 Å². The zero-order valence-corrected chi connectivity index (χ0v) is 17.2. The van der Waals surface area contributed by atoms with Crippen molar-refractivity contribution in [3.63, 3.8) is 0 Å². The predicted molar refractivity (Wildman–Crippen MR) is 121 cm³/mol. The van der Waals surface area contributed by atoms with Crippen molar-refractivity contribution in [2.24, 2.45) is 0 Å². The molecule has 31 heavy (non-hydrogen) atoms. The van der Waals surface area contributed by atoms with Crippen LogP contribution in [0.5, 0.6) is 0 Å². The predicted octanol–water partition coefficient (Wildman–Crippen LogP) is 3.09. The van der Waals surface area contributed by atoms with E-state index in [1.54, 1.807) is 24.3 Å². The fourth-order valence-electron chi connectivity index (χ4n) is 3.68. The maximum atomic E-state index is 13.2. The molecule has 0 radical (unpaired) electrons. The van der Waals surface area contributed by atoms with Crippen molar-refractivity contribution in [2.45, 2.75) is 26.1 Å². The number of rotatable bonds is 6. The van der Waals surface area contributed by atoms with E-state index in [0.717, 1.165) is 11.1 Å². The topological polar surface area (TPSA) is 73.1 Å². The number of benzene rings is 3. The molecule has 4 aromatic rings. The Bertz CT molecular complexity index is 1330. The molecule has 4 rings (SSSR count). The Morgan fingerprint density at radius 3 is 2.16 bits per heavy atom. The minimum atomic E-state index is -0.505. The Kier molecular flexibility index (Phi) is 5.80. The van der Waals surface area contributed by atoms with E-state index >= 15 is 0 Å². The largest absolute Gasteiger partial charge is 0.348 e. The molecule has 0 saturated heterocycles. The highest BCUT2D eigenvalue weighted by atomic mass is 16.2. The number of hydrogen-bond acceptors (Lipinski definition) is 3. The van der Waals surface area contributed by atoms with Crippen LogP contribution >= 0.6 is 0 Å². The van der Waals surface area contributed by atoms with Gasteiger partial charge in [-0.1, -0.05) is 72.8 Å². The van der Waals surface area contributed by atoms with Gasteiger partial charge in [0.2, 0.25) is 5.91 Å². The summed E-state index contributed by atoms with van der Waals surface area (Å²) in [6.07, 6.45) is 0. The van der Waals surface area contributed by atoms with Gasteiger partial charge in [0.15, 0.2) is 0 Å². The summed E-state index contributed by atoms with van der Waals surface area (Å²) in [5, 5.41) is 3.34. The van der Waals surface area contributed by atoms with E-state index in [4.69, 9.17) is 0 Å². The first-order chi connectivity index (χ1) is 15.0. The summed E-state index contributed by atoms with van der Waals surface area (Å²) in [5.74, 6) is -0.298. The number of aromatic nitrogens is 2. The molecule has 0 bridgehead atoms. The molecule has 6 nitrogen and oxygen atoms in total. The normalized spacial score (nSPS) is 11.9. The molecule has 0 fully saturated rings. The number of hydrogen-bond donors (Lipinski definition) is 1. The molecular formula is C25H23N3O3. The van der Waals surface area contributed by atoms with Crippen LogP contribution in [-0.4, -0.2) is 15.0 Å². The SMILES string of the molecule is C[C@@H](NC(=O)Cn1c(=O)n(Cc2ccccc2)c(=O)c2ccccc21)c1ccccc1. The van der Waals surface area contributed by atoms with Crippen molar-refractivity contribution in [2.75, 3.05) is 0 Å². The molecule has 0 aliphatic heterocycles. The first kappa shape index (κ1) is 20.3. The summed E-state index contributed by atoms with van der Waals surface area (Å²) < 4.78 is 2.55. The van der Waals surface area contributed by atoms with Gasteiger partial charge < -0.3 is 5.32 Å². The van der Waals surface area contributed by atoms with Gasteiger partial charge in [0.05, 0.1) is 23.5 Å². The molecule has 0 saturated carbocycles. The van der Waals surface area contributed by atoms with Crippen LogP contribution in [0.3, 0.4) is 0 Å². The summed E-state index contributed by atoms with van der Waals surface area (Å²) in [5.41, 5.74) is 1.39. The fraction of sp³-hybridized carbons (Fsp3) is 0.160. The van der Waals surface area contributed by atoms with Crippen molar-refractivity contribution < 1.29 is 4.79 Å². The van der Waals surface area contributed by atoms with Gasteiger partial charge in [-0.3, -0.25) is 18.7 Å². The molecule has 0 aliphatic carbocycles. The maximum Gasteiger partial charge on any atom is 0.332 e. The average Bonchev–Trinajstić information content (AvgIpc) is 2.80. The third-order valence-corrected chi connectivity index (χ3v) is 5.29. The van der Waals surface area contributed by atoms with E-state index < -0.39 is 5.69 Å². The van der Waals surface area contributed by atoms with E-state index in [9.17, 15) is 14.4 Å². The molecule has 1 N–H and O–H groups in total. The summed E-state index contributed by atoms with van der Waals surface area (Å²) >= 11 is 0. The number of nitrogens with zero attached hydrogens (tertiary/aromatic N) is 2. The fourth-order valence-corrected chi connectivity index (χ4v) is 3.68. The van der Waals surface area contributed by atoms with Crippen molar-refractivity contribution in [1.29, 1.82) is 0 Å². The Balaban J connectivity index is 1.70. The Morgan fingerprint density at radius 2 is 1.45 bits per heavy atom. The van der Waals surface area contributed by atoms with E-state index in [1.165, 1.54) is 9.13 Å². The Hall–Kier alpha value is -3.93. The molecule has 1 amide bonds. The van der Waals surface area contributed by atoms with E-state index in [1.807, 2.05) is 67.6 Å². The Labute approximate surface area is 179 Å². The molecule has 3 aromatic carbocycles. The third kappa shape index (κ3) is 4.33. The summed E-state index contributed by atoms with van der Waals surface area (Å²) in [6, 6.07) is 25.6. The van der Waals surface area contributed by atoms with Crippen molar-refractivity contribution in [1.82, 2.24) is 14.5 Å². The lowest BCUT2D eigenvalue weighted by atomic mass is 10.1. The molecular weight excluding hydrogens is 390 g/mol. The number of amides is 1. The second-order valence-corrected chi connectivity index (χ2v) is 7.46. The summed E-state index contributed by atoms with van der Waals surface area (Å²) in [7, 11) is 0. The first-order valence-corrected chi connectivity index (χ1v) is 10.1. The van der Waals surface area contributed by atoms with Crippen molar-refractivity contribution in [3.8, 4) is 0 Å². The molecule has 0 aliphatic rings. The molecule has 0 unspecified atom stereocenters. The number of fused-ring (bicyclic) bond motifs is 1. The van der Waals surface area contributed by atoms with Crippen molar-refractivity contribution in [3.05, 3.63) is 117 Å². The highest BCUT2D eigenvalue weighted by Gasteiger charge is 2.17. The number of carbonyl (C=O) groups is 1. The minimum Gasteiger partial charge on any atom is -0.348 e. The zero-order valence-electron chi connectivity index (χ0n) is 17.2. The first-order valence-electron chi connectivity index (χ1n) is 10.1. The van der Waals surface area contributed by atoms with Crippen LogP contribution in [0.4, 0.5) is 0 Å². The molecule has 6 heteroatoms. The van der Waals surface area contributed by atoms with Gasteiger partial charge in [-0.15, -0.1) is 0 Å². The van der Waals surface area contributed by atoms with Gasteiger partial charge in [-0.05, 0) is 30.2 Å². The molecule has 156 valence electrons. The average molecular weight is 413 g/mol. The van der Waals surface area contributed by atoms with Gasteiger partial charge in [-0.25, -0.2) is 4.79 Å². The van der Waals surface area contributed by atoms with Crippen LogP contribution < -0.4 is 16.6 Å². The lowest BCUT2D eigenvalue weighted by Crippen LogP contribution is -2.43. The monoisotopic (exact) mass is 413 g/mol. The third-order valence-electron chi connectivity index (χ3n) is 5.29. The molecule has 1 heterocycles. The lowest BCUT2D eigenvalue weighted by molar-refractivity contribution is -0.122. The molecule has 1 atom stereocenters. The van der Waals surface area contributed by atoms with Gasteiger partial charge in [0.1, 0.15) is 6.54 Å². The lowest BCUT2D eigenvalue weighted by Gasteiger charge is -2.17. The Morgan fingerprint density at radius 1 is 0.839 bits per heavy atom. The van der Waals surface area contributed by atoms with Crippen molar-refractivity contribution >= 4 is 16.8 Å². The number of nitrogens with one attached hydrogen (secondary N) is 1. The summed E-state index contributed by atoms with van der Waals surface area (Å²) in [4.78, 5) is 39.0. The van der Waals surface area contributed by atoms with Crippen LogP contribution in [0.1, 0.15) is 24.1 Å². The van der Waals surface area contributed by atoms with Crippen LogP contribution in [-0.2, 0) is 17.9 Å². The molecule has 0 spiro atoms. The van der Waals surface area contributed by atoms with Gasteiger partial charge in [0, 0.05) is 0 Å². The van der Waals surface area contributed by atoms with E-state index in [2.05, 4.69) is 5.32 Å². The van der Waals surface area contributed by atoms with Gasteiger partial charge in [-0.2, -0.15) is 0 Å². The summed E-state index contributed by atoms with van der Waals surface area (Å²) in [6.45, 7) is 1.86. The van der Waals surface area contributed by atoms with Gasteiger partial charge >= 0.3 is 5.69 Å². The number of para-hydroxylation sites is 1.